The number of aldehydes is 1. The minimum Gasteiger partial charge on any atom is -0.299 e. The van der Waals surface area contributed by atoms with Crippen LogP contribution >= 0.6 is 0 Å². The summed E-state index contributed by atoms with van der Waals surface area (Å²) in [4.78, 5) is 10.0. The van der Waals surface area contributed by atoms with Gasteiger partial charge in [-0.1, -0.05) is 50.3 Å². The van der Waals surface area contributed by atoms with Gasteiger partial charge in [0, 0.05) is 0 Å². The average Bonchev–Trinajstić information content (AvgIpc) is 2.20. The molecule has 0 aromatic rings. The lowest BCUT2D eigenvalue weighted by molar-refractivity contribution is -0.104. The molecule has 0 radical (unpaired) electrons. The van der Waals surface area contributed by atoms with Crippen LogP contribution in [-0.4, -0.2) is 6.29 Å². The third-order valence-corrected chi connectivity index (χ3v) is 2.21. The van der Waals surface area contributed by atoms with E-state index >= 15 is 0 Å². The van der Waals surface area contributed by atoms with Crippen molar-refractivity contribution in [2.75, 3.05) is 0 Å². The van der Waals surface area contributed by atoms with Crippen molar-refractivity contribution in [1.29, 1.82) is 0 Å². The van der Waals surface area contributed by atoms with Crippen molar-refractivity contribution >= 4 is 6.29 Å². The molecular weight excluding hydrogens is 172 g/mol. The molecular formula is C13H22O. The van der Waals surface area contributed by atoms with Gasteiger partial charge in [-0.25, -0.2) is 0 Å². The maximum atomic E-state index is 10.0. The second kappa shape index (κ2) is 10.2. The minimum atomic E-state index is 0.818. The van der Waals surface area contributed by atoms with Gasteiger partial charge in [0.25, 0.3) is 0 Å². The Morgan fingerprint density at radius 2 is 1.86 bits per heavy atom. The zero-order valence-corrected chi connectivity index (χ0v) is 9.46. The number of unbranched alkanes of at least 4 members (excludes halogenated alkanes) is 5. The SMILES string of the molecule is CCCCCCCC=C(C)/C=C/C=O. The van der Waals surface area contributed by atoms with Crippen LogP contribution < -0.4 is 0 Å². The summed E-state index contributed by atoms with van der Waals surface area (Å²) < 4.78 is 0. The fourth-order valence-corrected chi connectivity index (χ4v) is 1.34. The molecule has 0 aromatic heterocycles. The highest BCUT2D eigenvalue weighted by molar-refractivity contribution is 5.65. The summed E-state index contributed by atoms with van der Waals surface area (Å²) in [5.74, 6) is 0. The first-order valence-electron chi connectivity index (χ1n) is 5.60. The van der Waals surface area contributed by atoms with Crippen molar-refractivity contribution in [3.63, 3.8) is 0 Å². The van der Waals surface area contributed by atoms with Crippen molar-refractivity contribution in [2.24, 2.45) is 0 Å². The molecule has 0 atom stereocenters. The Kier molecular flexibility index (Phi) is 9.61. The normalized spacial score (nSPS) is 12.3. The van der Waals surface area contributed by atoms with Crippen molar-refractivity contribution in [3.05, 3.63) is 23.8 Å². The van der Waals surface area contributed by atoms with Crippen molar-refractivity contribution < 1.29 is 4.79 Å². The van der Waals surface area contributed by atoms with Gasteiger partial charge in [-0.2, -0.15) is 0 Å². The zero-order chi connectivity index (χ0) is 10.6. The highest BCUT2D eigenvalue weighted by atomic mass is 16.1. The summed E-state index contributed by atoms with van der Waals surface area (Å²) in [5, 5.41) is 0. The number of rotatable bonds is 8. The first kappa shape index (κ1) is 13.2. The van der Waals surface area contributed by atoms with Crippen molar-refractivity contribution in [3.8, 4) is 0 Å². The highest BCUT2D eigenvalue weighted by Gasteiger charge is 1.87. The summed E-state index contributed by atoms with van der Waals surface area (Å²) >= 11 is 0. The average molecular weight is 194 g/mol. The summed E-state index contributed by atoms with van der Waals surface area (Å²) in [7, 11) is 0. The van der Waals surface area contributed by atoms with Crippen LogP contribution in [0.1, 0.15) is 52.4 Å². The first-order valence-corrected chi connectivity index (χ1v) is 5.60. The van der Waals surface area contributed by atoms with Gasteiger partial charge >= 0.3 is 0 Å². The highest BCUT2D eigenvalue weighted by Crippen LogP contribution is 2.07. The summed E-state index contributed by atoms with van der Waals surface area (Å²) in [5.41, 5.74) is 1.19. The summed E-state index contributed by atoms with van der Waals surface area (Å²) in [6, 6.07) is 0. The van der Waals surface area contributed by atoms with E-state index in [9.17, 15) is 4.79 Å². The Labute approximate surface area is 87.9 Å². The molecule has 0 amide bonds. The molecule has 0 aliphatic heterocycles. The topological polar surface area (TPSA) is 17.1 Å². The Morgan fingerprint density at radius 1 is 1.14 bits per heavy atom. The van der Waals surface area contributed by atoms with E-state index in [2.05, 4.69) is 13.0 Å². The van der Waals surface area contributed by atoms with Crippen molar-refractivity contribution in [1.82, 2.24) is 0 Å². The molecule has 14 heavy (non-hydrogen) atoms. The Hall–Kier alpha value is -0.850. The van der Waals surface area contributed by atoms with Gasteiger partial charge in [0.1, 0.15) is 6.29 Å². The number of hydrogen-bond donors (Lipinski definition) is 0. The first-order chi connectivity index (χ1) is 6.81. The lowest BCUT2D eigenvalue weighted by Crippen LogP contribution is -1.77. The van der Waals surface area contributed by atoms with Gasteiger partial charge in [0.05, 0.1) is 0 Å². The standard InChI is InChI=1S/C13H22O/c1-3-4-5-6-7-8-10-13(2)11-9-12-14/h9-12H,3-8H2,1-2H3/b11-9+,13-10?. The van der Waals surface area contributed by atoms with Gasteiger partial charge in [-0.15, -0.1) is 0 Å². The van der Waals surface area contributed by atoms with Crippen LogP contribution in [-0.2, 0) is 4.79 Å². The number of allylic oxidation sites excluding steroid dienone is 4. The van der Waals surface area contributed by atoms with Gasteiger partial charge < -0.3 is 0 Å². The molecule has 1 nitrogen and oxygen atoms in total. The van der Waals surface area contributed by atoms with Gasteiger partial charge in [-0.05, 0) is 25.8 Å². The third-order valence-electron chi connectivity index (χ3n) is 2.21. The van der Waals surface area contributed by atoms with Crippen LogP contribution in [0.15, 0.2) is 23.8 Å². The molecule has 0 saturated heterocycles. The van der Waals surface area contributed by atoms with E-state index in [-0.39, 0.29) is 0 Å². The summed E-state index contributed by atoms with van der Waals surface area (Å²) in [6.45, 7) is 4.26. The molecule has 0 rings (SSSR count). The van der Waals surface area contributed by atoms with Crippen molar-refractivity contribution in [2.45, 2.75) is 52.4 Å². The third kappa shape index (κ3) is 9.24. The predicted octanol–water partition coefficient (Wildman–Crippen LogP) is 4.05. The summed E-state index contributed by atoms with van der Waals surface area (Å²) in [6.07, 6.45) is 14.2. The fourth-order valence-electron chi connectivity index (χ4n) is 1.34. The maximum absolute atomic E-state index is 10.0. The van der Waals surface area contributed by atoms with Crippen LogP contribution in [0.25, 0.3) is 0 Å². The van der Waals surface area contributed by atoms with Crippen LogP contribution in [0.5, 0.6) is 0 Å². The molecule has 0 bridgehead atoms. The van der Waals surface area contributed by atoms with E-state index in [0.717, 1.165) is 12.7 Å². The second-order valence-electron chi connectivity index (χ2n) is 3.65. The van der Waals surface area contributed by atoms with Crippen LogP contribution in [0.3, 0.4) is 0 Å². The monoisotopic (exact) mass is 194 g/mol. The Balaban J connectivity index is 3.41. The van der Waals surface area contributed by atoms with Gasteiger partial charge in [-0.3, -0.25) is 4.79 Å². The lowest BCUT2D eigenvalue weighted by atomic mass is 10.1. The zero-order valence-electron chi connectivity index (χ0n) is 9.46. The maximum Gasteiger partial charge on any atom is 0.142 e. The lowest BCUT2D eigenvalue weighted by Gasteiger charge is -1.97. The molecule has 80 valence electrons. The molecule has 0 N–H and O–H groups in total. The second-order valence-corrected chi connectivity index (χ2v) is 3.65. The fraction of sp³-hybridized carbons (Fsp3) is 0.615. The van der Waals surface area contributed by atoms with E-state index in [4.69, 9.17) is 0 Å². The quantitative estimate of drug-likeness (QED) is 0.246. The van der Waals surface area contributed by atoms with Gasteiger partial charge in [0.2, 0.25) is 0 Å². The Bertz CT molecular complexity index is 189. The number of carbonyl (C=O) groups is 1. The van der Waals surface area contributed by atoms with Crippen LogP contribution in [0, 0.1) is 0 Å². The van der Waals surface area contributed by atoms with Crippen LogP contribution in [0.2, 0.25) is 0 Å². The molecule has 0 aliphatic carbocycles. The molecule has 0 aliphatic rings. The molecule has 0 heterocycles. The largest absolute Gasteiger partial charge is 0.299 e. The smallest absolute Gasteiger partial charge is 0.142 e. The van der Waals surface area contributed by atoms with Gasteiger partial charge in [0.15, 0.2) is 0 Å². The van der Waals surface area contributed by atoms with E-state index in [0.29, 0.717) is 0 Å². The van der Waals surface area contributed by atoms with Crippen LogP contribution in [0.4, 0.5) is 0 Å². The minimum absolute atomic E-state index is 0.818. The molecule has 0 fully saturated rings. The van der Waals surface area contributed by atoms with E-state index in [1.807, 2.05) is 13.0 Å². The molecule has 0 spiro atoms. The van der Waals surface area contributed by atoms with E-state index in [1.165, 1.54) is 37.7 Å². The van der Waals surface area contributed by atoms with E-state index in [1.54, 1.807) is 6.08 Å². The predicted molar refractivity (Wildman–Crippen MR) is 62.3 cm³/mol. The number of carbonyl (C=O) groups excluding carboxylic acids is 1. The molecule has 0 saturated carbocycles. The Morgan fingerprint density at radius 3 is 2.50 bits per heavy atom. The number of hydrogen-bond acceptors (Lipinski definition) is 1. The molecule has 0 aromatic carbocycles. The van der Waals surface area contributed by atoms with E-state index < -0.39 is 0 Å². The molecule has 0 unspecified atom stereocenters. The molecule has 1 heteroatoms.